The molecule has 3 rings (SSSR count). The lowest BCUT2D eigenvalue weighted by atomic mass is 9.90. The fourth-order valence-electron chi connectivity index (χ4n) is 3.73. The molecule has 118 valence electrons. The first-order valence-electron chi connectivity index (χ1n) is 8.23. The first kappa shape index (κ1) is 14.8. The third kappa shape index (κ3) is 2.80. The Morgan fingerprint density at radius 3 is 2.52 bits per heavy atom. The maximum atomic E-state index is 12.9. The van der Waals surface area contributed by atoms with Crippen LogP contribution in [0.25, 0.3) is 0 Å². The zero-order chi connectivity index (χ0) is 15.1. The van der Waals surface area contributed by atoms with Gasteiger partial charge in [-0.1, -0.05) is 13.8 Å². The Labute approximate surface area is 126 Å². The lowest BCUT2D eigenvalue weighted by Crippen LogP contribution is -2.68. The number of ether oxygens (including phenoxy) is 1. The van der Waals surface area contributed by atoms with Crippen LogP contribution in [0.2, 0.25) is 0 Å². The Kier molecular flexibility index (Phi) is 3.95. The third-order valence-electron chi connectivity index (χ3n) is 4.96. The lowest BCUT2D eigenvalue weighted by molar-refractivity contribution is -0.158. The first-order chi connectivity index (χ1) is 9.99. The van der Waals surface area contributed by atoms with Crippen LogP contribution < -0.4 is 5.32 Å². The van der Waals surface area contributed by atoms with Crippen molar-refractivity contribution >= 4 is 11.8 Å². The van der Waals surface area contributed by atoms with E-state index in [1.165, 1.54) is 0 Å². The highest BCUT2D eigenvalue weighted by Crippen LogP contribution is 2.37. The third-order valence-corrected chi connectivity index (χ3v) is 4.96. The molecule has 0 spiro atoms. The molecule has 1 N–H and O–H groups in total. The molecule has 0 aromatic carbocycles. The van der Waals surface area contributed by atoms with Crippen molar-refractivity contribution in [2.45, 2.75) is 70.7 Å². The maximum absolute atomic E-state index is 12.9. The van der Waals surface area contributed by atoms with Crippen LogP contribution in [-0.4, -0.2) is 47.6 Å². The number of piperazine rings is 1. The largest absolute Gasteiger partial charge is 0.378 e. The van der Waals surface area contributed by atoms with Gasteiger partial charge in [0.05, 0.1) is 6.10 Å². The van der Waals surface area contributed by atoms with Gasteiger partial charge < -0.3 is 15.0 Å². The van der Waals surface area contributed by atoms with Crippen molar-refractivity contribution < 1.29 is 14.3 Å². The molecule has 0 aromatic heterocycles. The summed E-state index contributed by atoms with van der Waals surface area (Å²) in [6.07, 6.45) is 3.94. The normalized spacial score (nSPS) is 37.8. The van der Waals surface area contributed by atoms with Gasteiger partial charge in [-0.25, -0.2) is 0 Å². The second-order valence-electron chi connectivity index (χ2n) is 7.12. The summed E-state index contributed by atoms with van der Waals surface area (Å²) >= 11 is 0. The number of carbonyl (C=O) groups excluding carboxylic acids is 2. The van der Waals surface area contributed by atoms with Crippen LogP contribution in [0.15, 0.2) is 0 Å². The highest BCUT2D eigenvalue weighted by atomic mass is 16.5. The van der Waals surface area contributed by atoms with Gasteiger partial charge in [0.1, 0.15) is 12.1 Å². The smallest absolute Gasteiger partial charge is 0.246 e. The molecule has 2 amide bonds. The van der Waals surface area contributed by atoms with Gasteiger partial charge in [-0.05, 0) is 44.4 Å². The highest BCUT2D eigenvalue weighted by Gasteiger charge is 2.50. The van der Waals surface area contributed by atoms with Crippen molar-refractivity contribution in [2.24, 2.45) is 11.8 Å². The van der Waals surface area contributed by atoms with Gasteiger partial charge in [-0.3, -0.25) is 9.59 Å². The van der Waals surface area contributed by atoms with Crippen molar-refractivity contribution in [2.75, 3.05) is 6.61 Å². The number of hydrogen-bond acceptors (Lipinski definition) is 3. The standard InChI is InChI=1S/C16H26N2O3/c1-9(2)14-15(19)17-13(11-4-5-11)16(20)18(14)12-6-7-21-10(3)8-12/h9-14H,4-8H2,1-3H3,(H,17,19). The second-order valence-corrected chi connectivity index (χ2v) is 7.12. The van der Waals surface area contributed by atoms with Gasteiger partial charge in [-0.2, -0.15) is 0 Å². The predicted molar refractivity (Wildman–Crippen MR) is 78.6 cm³/mol. The van der Waals surface area contributed by atoms with E-state index in [1.807, 2.05) is 25.7 Å². The summed E-state index contributed by atoms with van der Waals surface area (Å²) < 4.78 is 5.60. The first-order valence-corrected chi connectivity index (χ1v) is 8.23. The molecule has 0 radical (unpaired) electrons. The van der Waals surface area contributed by atoms with E-state index in [9.17, 15) is 9.59 Å². The molecular formula is C16H26N2O3. The molecule has 3 fully saturated rings. The van der Waals surface area contributed by atoms with Crippen molar-refractivity contribution in [3.8, 4) is 0 Å². The van der Waals surface area contributed by atoms with Crippen LogP contribution >= 0.6 is 0 Å². The summed E-state index contributed by atoms with van der Waals surface area (Å²) in [5.74, 6) is 0.650. The quantitative estimate of drug-likeness (QED) is 0.854. The lowest BCUT2D eigenvalue weighted by Gasteiger charge is -2.47. The van der Waals surface area contributed by atoms with Gasteiger partial charge in [0.15, 0.2) is 0 Å². The number of carbonyl (C=O) groups is 2. The van der Waals surface area contributed by atoms with E-state index in [2.05, 4.69) is 5.32 Å². The Hall–Kier alpha value is -1.10. The number of nitrogens with zero attached hydrogens (tertiary/aromatic N) is 1. The van der Waals surface area contributed by atoms with Crippen LogP contribution in [0, 0.1) is 11.8 Å². The van der Waals surface area contributed by atoms with E-state index in [4.69, 9.17) is 4.74 Å². The molecule has 2 saturated heterocycles. The van der Waals surface area contributed by atoms with E-state index in [0.717, 1.165) is 25.7 Å². The van der Waals surface area contributed by atoms with Crippen LogP contribution in [-0.2, 0) is 14.3 Å². The molecule has 5 nitrogen and oxygen atoms in total. The van der Waals surface area contributed by atoms with E-state index in [-0.39, 0.29) is 42.0 Å². The molecule has 21 heavy (non-hydrogen) atoms. The molecule has 2 aliphatic heterocycles. The minimum absolute atomic E-state index is 0.0284. The SMILES string of the molecule is CC1CC(N2C(=O)C(C3CC3)NC(=O)C2C(C)C)CCO1. The van der Waals surface area contributed by atoms with Crippen molar-refractivity contribution in [1.82, 2.24) is 10.2 Å². The molecule has 1 aliphatic carbocycles. The molecule has 1 saturated carbocycles. The van der Waals surface area contributed by atoms with Crippen LogP contribution in [0.1, 0.15) is 46.5 Å². The van der Waals surface area contributed by atoms with Gasteiger partial charge in [0, 0.05) is 12.6 Å². The maximum Gasteiger partial charge on any atom is 0.246 e. The van der Waals surface area contributed by atoms with Gasteiger partial charge in [0.2, 0.25) is 11.8 Å². The highest BCUT2D eigenvalue weighted by molar-refractivity contribution is 5.97. The van der Waals surface area contributed by atoms with Crippen LogP contribution in [0.3, 0.4) is 0 Å². The zero-order valence-corrected chi connectivity index (χ0v) is 13.2. The summed E-state index contributed by atoms with van der Waals surface area (Å²) in [6.45, 7) is 6.76. The molecule has 2 heterocycles. The minimum Gasteiger partial charge on any atom is -0.378 e. The van der Waals surface area contributed by atoms with E-state index in [1.54, 1.807) is 0 Å². The average Bonchev–Trinajstić information content (AvgIpc) is 3.24. The molecule has 0 aromatic rings. The zero-order valence-electron chi connectivity index (χ0n) is 13.2. The molecular weight excluding hydrogens is 268 g/mol. The molecule has 4 atom stereocenters. The monoisotopic (exact) mass is 294 g/mol. The topological polar surface area (TPSA) is 58.6 Å². The van der Waals surface area contributed by atoms with Crippen molar-refractivity contribution in [3.05, 3.63) is 0 Å². The van der Waals surface area contributed by atoms with E-state index in [0.29, 0.717) is 12.5 Å². The van der Waals surface area contributed by atoms with Crippen LogP contribution in [0.4, 0.5) is 0 Å². The second kappa shape index (κ2) is 5.59. The fourth-order valence-corrected chi connectivity index (χ4v) is 3.73. The average molecular weight is 294 g/mol. The van der Waals surface area contributed by atoms with Crippen molar-refractivity contribution in [1.29, 1.82) is 0 Å². The Morgan fingerprint density at radius 1 is 1.24 bits per heavy atom. The van der Waals surface area contributed by atoms with Crippen molar-refractivity contribution in [3.63, 3.8) is 0 Å². The van der Waals surface area contributed by atoms with E-state index >= 15 is 0 Å². The number of nitrogens with one attached hydrogen (secondary N) is 1. The van der Waals surface area contributed by atoms with Gasteiger partial charge in [0.25, 0.3) is 0 Å². The molecule has 4 unspecified atom stereocenters. The summed E-state index contributed by atoms with van der Waals surface area (Å²) in [5.41, 5.74) is 0. The Morgan fingerprint density at radius 2 is 1.95 bits per heavy atom. The Bertz CT molecular complexity index is 433. The molecule has 0 bridgehead atoms. The van der Waals surface area contributed by atoms with Gasteiger partial charge >= 0.3 is 0 Å². The van der Waals surface area contributed by atoms with E-state index < -0.39 is 0 Å². The number of rotatable bonds is 3. The van der Waals surface area contributed by atoms with Crippen LogP contribution in [0.5, 0.6) is 0 Å². The summed E-state index contributed by atoms with van der Waals surface area (Å²) in [6, 6.07) is -0.477. The molecule has 3 aliphatic rings. The summed E-state index contributed by atoms with van der Waals surface area (Å²) in [4.78, 5) is 27.4. The number of amides is 2. The van der Waals surface area contributed by atoms with Gasteiger partial charge in [-0.15, -0.1) is 0 Å². The predicted octanol–water partition coefficient (Wildman–Crippen LogP) is 1.32. The summed E-state index contributed by atoms with van der Waals surface area (Å²) in [7, 11) is 0. The fraction of sp³-hybridized carbons (Fsp3) is 0.875. The molecule has 5 heteroatoms. The minimum atomic E-state index is -0.331. The summed E-state index contributed by atoms with van der Waals surface area (Å²) in [5, 5.41) is 2.98. The Balaban J connectivity index is 1.86. The number of hydrogen-bond donors (Lipinski definition) is 1.